The highest BCUT2D eigenvalue weighted by molar-refractivity contribution is 9.10. The van der Waals surface area contributed by atoms with Crippen molar-refractivity contribution in [3.05, 3.63) is 28.2 Å². The number of nitrogens with one attached hydrogen (secondary N) is 1. The van der Waals surface area contributed by atoms with Crippen LogP contribution in [0, 0.1) is 12.8 Å². The number of hydrogen-bond donors (Lipinski definition) is 1. The Kier molecular flexibility index (Phi) is 5.23. The molecule has 0 bridgehead atoms. The minimum absolute atomic E-state index is 0.392. The second-order valence-electron chi connectivity index (χ2n) is 5.34. The fraction of sp³-hybridized carbons (Fsp3) is 0.571. The lowest BCUT2D eigenvalue weighted by Crippen LogP contribution is -2.42. The number of piperidine rings is 1. The summed E-state index contributed by atoms with van der Waals surface area (Å²) in [6, 6.07) is 5.21. The van der Waals surface area contributed by atoms with E-state index in [4.69, 9.17) is 0 Å². The molecule has 0 saturated carbocycles. The number of hydrogen-bond acceptors (Lipinski definition) is 3. The van der Waals surface area contributed by atoms with E-state index in [-0.39, 0.29) is 0 Å². The van der Waals surface area contributed by atoms with Gasteiger partial charge in [0.1, 0.15) is 0 Å². The van der Waals surface area contributed by atoms with E-state index in [1.807, 2.05) is 14.0 Å². The van der Waals surface area contributed by atoms with Crippen LogP contribution >= 0.6 is 15.9 Å². The largest absolute Gasteiger partial charge is 0.319 e. The number of sulfonamides is 1. The van der Waals surface area contributed by atoms with Gasteiger partial charge in [0, 0.05) is 17.6 Å². The van der Waals surface area contributed by atoms with Gasteiger partial charge in [0.15, 0.2) is 0 Å². The Labute approximate surface area is 129 Å². The highest BCUT2D eigenvalue weighted by Gasteiger charge is 2.30. The standard InChI is InChI=1S/C14H21BrN2O2S/c1-11-8-13(5-6-14(11)15)20(18,19)17-7-3-4-12(10-17)9-16-2/h5-6,8,12,16H,3-4,7,9-10H2,1-2H3. The third kappa shape index (κ3) is 3.42. The first kappa shape index (κ1) is 15.9. The Hall–Kier alpha value is -0.430. The van der Waals surface area contributed by atoms with Gasteiger partial charge in [0.05, 0.1) is 4.90 Å². The normalized spacial score (nSPS) is 21.1. The number of rotatable bonds is 4. The van der Waals surface area contributed by atoms with Gasteiger partial charge < -0.3 is 5.32 Å². The first-order chi connectivity index (χ1) is 9.45. The van der Waals surface area contributed by atoms with Gasteiger partial charge in [0.2, 0.25) is 10.0 Å². The SMILES string of the molecule is CNCC1CCCN(S(=O)(=O)c2ccc(Br)c(C)c2)C1. The van der Waals surface area contributed by atoms with Crippen LogP contribution < -0.4 is 5.32 Å². The second kappa shape index (κ2) is 6.56. The summed E-state index contributed by atoms with van der Waals surface area (Å²) in [6.07, 6.45) is 2.02. The van der Waals surface area contributed by atoms with E-state index in [2.05, 4.69) is 21.2 Å². The van der Waals surface area contributed by atoms with Crippen LogP contribution in [-0.4, -0.2) is 39.4 Å². The van der Waals surface area contributed by atoms with Crippen LogP contribution in [0.15, 0.2) is 27.6 Å². The first-order valence-electron chi connectivity index (χ1n) is 6.86. The zero-order chi connectivity index (χ0) is 14.8. The molecule has 1 heterocycles. The minimum Gasteiger partial charge on any atom is -0.319 e. The molecule has 1 saturated heterocycles. The summed E-state index contributed by atoms with van der Waals surface area (Å²) in [5.74, 6) is 0.403. The monoisotopic (exact) mass is 360 g/mol. The summed E-state index contributed by atoms with van der Waals surface area (Å²) >= 11 is 3.41. The molecule has 1 fully saturated rings. The molecule has 0 aromatic heterocycles. The van der Waals surface area contributed by atoms with E-state index in [0.717, 1.165) is 29.4 Å². The van der Waals surface area contributed by atoms with Crippen molar-refractivity contribution in [2.45, 2.75) is 24.7 Å². The average molecular weight is 361 g/mol. The van der Waals surface area contributed by atoms with Crippen molar-refractivity contribution in [3.8, 4) is 0 Å². The number of aryl methyl sites for hydroxylation is 1. The van der Waals surface area contributed by atoms with Crippen molar-refractivity contribution < 1.29 is 8.42 Å². The van der Waals surface area contributed by atoms with Crippen LogP contribution in [0.2, 0.25) is 0 Å². The molecule has 1 unspecified atom stereocenters. The quantitative estimate of drug-likeness (QED) is 0.896. The Balaban J connectivity index is 2.23. The van der Waals surface area contributed by atoms with Gasteiger partial charge in [-0.3, -0.25) is 0 Å². The topological polar surface area (TPSA) is 49.4 Å². The van der Waals surface area contributed by atoms with Crippen molar-refractivity contribution in [2.75, 3.05) is 26.7 Å². The molecule has 1 atom stereocenters. The van der Waals surface area contributed by atoms with Crippen LogP contribution in [0.5, 0.6) is 0 Å². The molecule has 0 spiro atoms. The summed E-state index contributed by atoms with van der Waals surface area (Å²) in [4.78, 5) is 0.392. The maximum absolute atomic E-state index is 12.7. The van der Waals surface area contributed by atoms with Gasteiger partial charge in [-0.15, -0.1) is 0 Å². The lowest BCUT2D eigenvalue weighted by molar-refractivity contribution is 0.263. The molecule has 1 aliphatic heterocycles. The summed E-state index contributed by atoms with van der Waals surface area (Å²) in [7, 11) is -1.46. The summed E-state index contributed by atoms with van der Waals surface area (Å²) in [5.41, 5.74) is 0.940. The maximum atomic E-state index is 12.7. The Bertz CT molecular complexity index is 573. The minimum atomic E-state index is -3.37. The highest BCUT2D eigenvalue weighted by atomic mass is 79.9. The smallest absolute Gasteiger partial charge is 0.243 e. The molecule has 1 aromatic carbocycles. The molecule has 0 amide bonds. The van der Waals surface area contributed by atoms with Gasteiger partial charge in [-0.2, -0.15) is 4.31 Å². The van der Waals surface area contributed by atoms with E-state index in [1.54, 1.807) is 22.5 Å². The van der Waals surface area contributed by atoms with E-state index < -0.39 is 10.0 Å². The summed E-state index contributed by atoms with van der Waals surface area (Å²) in [6.45, 7) is 4.00. The number of halogens is 1. The third-order valence-electron chi connectivity index (χ3n) is 3.74. The van der Waals surface area contributed by atoms with Crippen LogP contribution in [0.3, 0.4) is 0 Å². The Morgan fingerprint density at radius 2 is 2.20 bits per heavy atom. The Morgan fingerprint density at radius 3 is 2.85 bits per heavy atom. The molecule has 6 heteroatoms. The summed E-state index contributed by atoms with van der Waals surface area (Å²) < 4.78 is 27.9. The van der Waals surface area contributed by atoms with Crippen molar-refractivity contribution in [1.29, 1.82) is 0 Å². The second-order valence-corrected chi connectivity index (χ2v) is 8.13. The van der Waals surface area contributed by atoms with Crippen molar-refractivity contribution >= 4 is 26.0 Å². The number of benzene rings is 1. The fourth-order valence-electron chi connectivity index (χ4n) is 2.63. The predicted octanol–water partition coefficient (Wildman–Crippen LogP) is 2.38. The molecular formula is C14H21BrN2O2S. The van der Waals surface area contributed by atoms with E-state index in [9.17, 15) is 8.42 Å². The first-order valence-corrected chi connectivity index (χ1v) is 9.09. The van der Waals surface area contributed by atoms with E-state index >= 15 is 0 Å². The summed E-state index contributed by atoms with van der Waals surface area (Å²) in [5, 5.41) is 3.14. The van der Waals surface area contributed by atoms with Crippen molar-refractivity contribution in [3.63, 3.8) is 0 Å². The Morgan fingerprint density at radius 1 is 1.45 bits per heavy atom. The van der Waals surface area contributed by atoms with Gasteiger partial charge >= 0.3 is 0 Å². The molecular weight excluding hydrogens is 340 g/mol. The van der Waals surface area contributed by atoms with Crippen LogP contribution in [0.4, 0.5) is 0 Å². The van der Waals surface area contributed by atoms with E-state index in [1.165, 1.54) is 0 Å². The molecule has 1 N–H and O–H groups in total. The van der Waals surface area contributed by atoms with Gasteiger partial charge in [-0.1, -0.05) is 15.9 Å². The molecule has 2 rings (SSSR count). The number of nitrogens with zero attached hydrogens (tertiary/aromatic N) is 1. The van der Waals surface area contributed by atoms with Crippen LogP contribution in [-0.2, 0) is 10.0 Å². The molecule has 20 heavy (non-hydrogen) atoms. The third-order valence-corrected chi connectivity index (χ3v) is 6.49. The van der Waals surface area contributed by atoms with E-state index in [0.29, 0.717) is 23.9 Å². The van der Waals surface area contributed by atoms with Crippen LogP contribution in [0.25, 0.3) is 0 Å². The van der Waals surface area contributed by atoms with Gasteiger partial charge in [0.25, 0.3) is 0 Å². The molecule has 1 aliphatic rings. The highest BCUT2D eigenvalue weighted by Crippen LogP contribution is 2.26. The zero-order valence-corrected chi connectivity index (χ0v) is 14.3. The van der Waals surface area contributed by atoms with Gasteiger partial charge in [-0.05, 0) is 63.0 Å². The molecule has 0 radical (unpaired) electrons. The van der Waals surface area contributed by atoms with Crippen LogP contribution in [0.1, 0.15) is 18.4 Å². The predicted molar refractivity (Wildman–Crippen MR) is 84.3 cm³/mol. The van der Waals surface area contributed by atoms with Crippen molar-refractivity contribution in [1.82, 2.24) is 9.62 Å². The molecule has 4 nitrogen and oxygen atoms in total. The lowest BCUT2D eigenvalue weighted by atomic mass is 10.00. The zero-order valence-electron chi connectivity index (χ0n) is 11.9. The molecule has 112 valence electrons. The molecule has 1 aromatic rings. The fourth-order valence-corrected chi connectivity index (χ4v) is 4.51. The van der Waals surface area contributed by atoms with Crippen molar-refractivity contribution in [2.24, 2.45) is 5.92 Å². The lowest BCUT2D eigenvalue weighted by Gasteiger charge is -2.32. The van der Waals surface area contributed by atoms with Gasteiger partial charge in [-0.25, -0.2) is 8.42 Å². The average Bonchev–Trinajstić information content (AvgIpc) is 2.42. The molecule has 0 aliphatic carbocycles. The maximum Gasteiger partial charge on any atom is 0.243 e.